The molecule has 4 nitrogen and oxygen atoms in total. The van der Waals surface area contributed by atoms with E-state index in [0.29, 0.717) is 20.7 Å². The molecule has 126 valence electrons. The molecule has 0 radical (unpaired) electrons. The number of thiocarbonyl (C=S) groups is 2. The Morgan fingerprint density at radius 1 is 0.955 bits per heavy atom. The van der Waals surface area contributed by atoms with Crippen molar-refractivity contribution in [3.05, 3.63) is 0 Å². The van der Waals surface area contributed by atoms with E-state index in [-0.39, 0.29) is 12.1 Å². The highest BCUT2D eigenvalue weighted by molar-refractivity contribution is 8.77. The molecule has 2 rings (SSSR count). The SMILES string of the molecule is CCCC(C(N)=S)N1CC1SSC1CN1C(CCC)C(N)=S. The van der Waals surface area contributed by atoms with Crippen LogP contribution in [0.25, 0.3) is 0 Å². The van der Waals surface area contributed by atoms with Gasteiger partial charge in [-0.05, 0) is 12.8 Å². The van der Waals surface area contributed by atoms with Gasteiger partial charge in [-0.1, -0.05) is 72.7 Å². The van der Waals surface area contributed by atoms with Crippen LogP contribution in [0.3, 0.4) is 0 Å². The van der Waals surface area contributed by atoms with Gasteiger partial charge in [0.1, 0.15) is 0 Å². The minimum Gasteiger partial charge on any atom is -0.392 e. The van der Waals surface area contributed by atoms with Gasteiger partial charge in [-0.25, -0.2) is 0 Å². The fraction of sp³-hybridized carbons (Fsp3) is 0.857. The molecule has 0 saturated carbocycles. The van der Waals surface area contributed by atoms with Gasteiger partial charge in [-0.15, -0.1) is 0 Å². The molecule has 0 aliphatic carbocycles. The first-order valence-electron chi connectivity index (χ1n) is 7.91. The zero-order valence-electron chi connectivity index (χ0n) is 13.2. The number of nitrogens with two attached hydrogens (primary N) is 2. The van der Waals surface area contributed by atoms with Crippen LogP contribution in [-0.2, 0) is 0 Å². The van der Waals surface area contributed by atoms with Crippen LogP contribution in [0.15, 0.2) is 0 Å². The molecular formula is C14H26N4S4. The van der Waals surface area contributed by atoms with Crippen molar-refractivity contribution in [1.29, 1.82) is 0 Å². The van der Waals surface area contributed by atoms with Crippen LogP contribution in [-0.4, -0.2) is 55.7 Å². The Kier molecular flexibility index (Phi) is 7.22. The Bertz CT molecular complexity index is 382. The summed E-state index contributed by atoms with van der Waals surface area (Å²) >= 11 is 10.4. The Balaban J connectivity index is 1.71. The highest BCUT2D eigenvalue weighted by atomic mass is 33.1. The molecule has 2 heterocycles. The van der Waals surface area contributed by atoms with E-state index in [9.17, 15) is 0 Å². The van der Waals surface area contributed by atoms with Crippen LogP contribution in [0.1, 0.15) is 39.5 Å². The fourth-order valence-corrected chi connectivity index (χ4v) is 6.25. The van der Waals surface area contributed by atoms with Gasteiger partial charge < -0.3 is 11.5 Å². The second kappa shape index (κ2) is 8.48. The molecule has 2 aliphatic heterocycles. The summed E-state index contributed by atoms with van der Waals surface area (Å²) in [4.78, 5) is 6.10. The Morgan fingerprint density at radius 2 is 1.32 bits per heavy atom. The summed E-state index contributed by atoms with van der Waals surface area (Å²) in [6, 6.07) is 0.552. The van der Waals surface area contributed by atoms with Gasteiger partial charge in [-0.2, -0.15) is 0 Å². The third kappa shape index (κ3) is 4.95. The van der Waals surface area contributed by atoms with E-state index in [0.717, 1.165) is 38.8 Å². The first kappa shape index (κ1) is 18.7. The summed E-state index contributed by atoms with van der Waals surface area (Å²) in [6.45, 7) is 6.55. The second-order valence-corrected chi connectivity index (χ2v) is 9.48. The van der Waals surface area contributed by atoms with Crippen molar-refractivity contribution in [3.8, 4) is 0 Å². The molecule has 0 amide bonds. The summed E-state index contributed by atoms with van der Waals surface area (Å²) < 4.78 is 0. The van der Waals surface area contributed by atoms with Crippen LogP contribution in [0.2, 0.25) is 0 Å². The molecular weight excluding hydrogens is 352 g/mol. The fourth-order valence-electron chi connectivity index (χ4n) is 2.71. The van der Waals surface area contributed by atoms with Crippen LogP contribution in [0.5, 0.6) is 0 Å². The number of hydrogen-bond acceptors (Lipinski definition) is 6. The standard InChI is InChI=1S/C14H26N4S4/c1-3-5-9(13(15)19)17-7-11(17)21-22-12-8-18(12)10(6-4-2)14(16)20/h9-12H,3-8H2,1-2H3,(H2,15,19)(H2,16,20). The quantitative estimate of drug-likeness (QED) is 0.323. The maximum Gasteiger partial charge on any atom is 0.0902 e. The molecule has 2 saturated heterocycles. The zero-order valence-corrected chi connectivity index (χ0v) is 16.5. The predicted molar refractivity (Wildman–Crippen MR) is 107 cm³/mol. The maximum atomic E-state index is 5.86. The van der Waals surface area contributed by atoms with Crippen molar-refractivity contribution < 1.29 is 0 Å². The normalized spacial score (nSPS) is 32.3. The van der Waals surface area contributed by atoms with Crippen LogP contribution in [0.4, 0.5) is 0 Å². The van der Waals surface area contributed by atoms with Gasteiger partial charge in [-0.3, -0.25) is 9.80 Å². The summed E-state index contributed by atoms with van der Waals surface area (Å²) in [5.41, 5.74) is 11.7. The average molecular weight is 379 g/mol. The number of nitrogens with zero attached hydrogens (tertiary/aromatic N) is 2. The zero-order chi connectivity index (χ0) is 16.3. The molecule has 22 heavy (non-hydrogen) atoms. The van der Waals surface area contributed by atoms with E-state index >= 15 is 0 Å². The molecule has 0 bridgehead atoms. The van der Waals surface area contributed by atoms with Gasteiger partial charge in [0.15, 0.2) is 0 Å². The highest BCUT2D eigenvalue weighted by Gasteiger charge is 2.45. The van der Waals surface area contributed by atoms with Gasteiger partial charge in [0.25, 0.3) is 0 Å². The largest absolute Gasteiger partial charge is 0.392 e. The first-order valence-corrected chi connectivity index (χ1v) is 11.0. The van der Waals surface area contributed by atoms with Crippen molar-refractivity contribution in [2.75, 3.05) is 13.1 Å². The minimum absolute atomic E-state index is 0.276. The van der Waals surface area contributed by atoms with E-state index in [2.05, 4.69) is 23.6 Å². The van der Waals surface area contributed by atoms with Crippen molar-refractivity contribution in [1.82, 2.24) is 9.80 Å². The first-order chi connectivity index (χ1) is 10.5. The molecule has 2 aliphatic rings. The maximum absolute atomic E-state index is 5.86. The number of hydrogen-bond donors (Lipinski definition) is 2. The molecule has 8 heteroatoms. The average Bonchev–Trinajstić information content (AvgIpc) is 3.34. The van der Waals surface area contributed by atoms with E-state index in [4.69, 9.17) is 35.9 Å². The molecule has 6 atom stereocenters. The third-order valence-corrected chi connectivity index (χ3v) is 7.67. The van der Waals surface area contributed by atoms with Crippen molar-refractivity contribution in [3.63, 3.8) is 0 Å². The number of rotatable bonds is 11. The summed E-state index contributed by atoms with van der Waals surface area (Å²) in [6.07, 6.45) is 4.36. The van der Waals surface area contributed by atoms with Crippen molar-refractivity contribution >= 4 is 56.0 Å². The van der Waals surface area contributed by atoms with Gasteiger partial charge in [0.2, 0.25) is 0 Å². The van der Waals surface area contributed by atoms with Gasteiger partial charge >= 0.3 is 0 Å². The topological polar surface area (TPSA) is 58.1 Å². The Morgan fingerprint density at radius 3 is 1.59 bits per heavy atom. The van der Waals surface area contributed by atoms with E-state index in [1.807, 2.05) is 21.6 Å². The van der Waals surface area contributed by atoms with Crippen LogP contribution in [0, 0.1) is 0 Å². The lowest BCUT2D eigenvalue weighted by atomic mass is 10.2. The van der Waals surface area contributed by atoms with E-state index < -0.39 is 0 Å². The Hall–Kier alpha value is 0.400. The van der Waals surface area contributed by atoms with Crippen LogP contribution >= 0.6 is 46.0 Å². The minimum atomic E-state index is 0.276. The summed E-state index contributed by atoms with van der Waals surface area (Å²) in [7, 11) is 3.89. The molecule has 0 spiro atoms. The lowest BCUT2D eigenvalue weighted by Gasteiger charge is -2.17. The van der Waals surface area contributed by atoms with E-state index in [1.54, 1.807) is 0 Å². The monoisotopic (exact) mass is 378 g/mol. The van der Waals surface area contributed by atoms with Crippen molar-refractivity contribution in [2.24, 2.45) is 11.5 Å². The molecule has 0 aromatic rings. The van der Waals surface area contributed by atoms with E-state index in [1.165, 1.54) is 0 Å². The third-order valence-electron chi connectivity index (χ3n) is 4.07. The highest BCUT2D eigenvalue weighted by Crippen LogP contribution is 2.47. The lowest BCUT2D eigenvalue weighted by Crippen LogP contribution is -2.34. The summed E-state index contributed by atoms with van der Waals surface area (Å²) in [5, 5.41) is 1.11. The van der Waals surface area contributed by atoms with Crippen molar-refractivity contribution in [2.45, 2.75) is 62.4 Å². The smallest absolute Gasteiger partial charge is 0.0902 e. The van der Waals surface area contributed by atoms with Gasteiger partial charge in [0, 0.05) is 13.1 Å². The Labute approximate surface area is 152 Å². The lowest BCUT2D eigenvalue weighted by molar-refractivity contribution is 0.454. The molecule has 2 fully saturated rings. The van der Waals surface area contributed by atoms with Gasteiger partial charge in [0.05, 0.1) is 32.8 Å². The molecule has 0 aromatic carbocycles. The summed E-state index contributed by atoms with van der Waals surface area (Å²) in [5.74, 6) is 0. The van der Waals surface area contributed by atoms with Crippen LogP contribution < -0.4 is 11.5 Å². The molecule has 4 N–H and O–H groups in total. The predicted octanol–water partition coefficient (Wildman–Crippen LogP) is 2.56. The molecule has 6 unspecified atom stereocenters. The molecule has 0 aromatic heterocycles. The second-order valence-electron chi connectivity index (χ2n) is 5.91.